The van der Waals surface area contributed by atoms with Gasteiger partial charge >= 0.3 is 0 Å². The summed E-state index contributed by atoms with van der Waals surface area (Å²) in [6.07, 6.45) is 1.07. The van der Waals surface area contributed by atoms with E-state index in [2.05, 4.69) is 36.5 Å². The molecule has 21 heavy (non-hydrogen) atoms. The minimum absolute atomic E-state index is 0.138. The minimum atomic E-state index is -0.568. The number of amides is 1. The maximum Gasteiger partial charge on any atom is 0.260 e. The highest BCUT2D eigenvalue weighted by Gasteiger charge is 2.14. The number of aromatic nitrogens is 2. The first-order valence-electron chi connectivity index (χ1n) is 6.35. The van der Waals surface area contributed by atoms with Crippen molar-refractivity contribution in [2.75, 3.05) is 17.2 Å². The molecule has 110 valence electrons. The van der Waals surface area contributed by atoms with E-state index in [9.17, 15) is 9.18 Å². The van der Waals surface area contributed by atoms with Gasteiger partial charge in [0, 0.05) is 11.0 Å². The number of halogens is 2. The molecule has 0 bridgehead atoms. The Morgan fingerprint density at radius 3 is 2.86 bits per heavy atom. The highest BCUT2D eigenvalue weighted by atomic mass is 79.9. The van der Waals surface area contributed by atoms with Crippen molar-refractivity contribution in [2.24, 2.45) is 0 Å². The number of aryl methyl sites for hydroxylation is 1. The lowest BCUT2D eigenvalue weighted by atomic mass is 10.2. The van der Waals surface area contributed by atoms with Crippen molar-refractivity contribution >= 4 is 33.5 Å². The molecule has 2 aromatic heterocycles. The first-order valence-corrected chi connectivity index (χ1v) is 7.14. The van der Waals surface area contributed by atoms with Crippen molar-refractivity contribution in [3.63, 3.8) is 0 Å². The Kier molecular flexibility index (Phi) is 4.85. The van der Waals surface area contributed by atoms with Crippen molar-refractivity contribution in [1.82, 2.24) is 9.97 Å². The molecule has 0 spiro atoms. The van der Waals surface area contributed by atoms with Gasteiger partial charge in [-0.2, -0.15) is 0 Å². The monoisotopic (exact) mass is 352 g/mol. The van der Waals surface area contributed by atoms with Crippen LogP contribution < -0.4 is 10.6 Å². The molecule has 0 aliphatic rings. The highest BCUT2D eigenvalue weighted by Crippen LogP contribution is 2.18. The summed E-state index contributed by atoms with van der Waals surface area (Å²) in [6.45, 7) is 4.26. The molecule has 0 atom stereocenters. The zero-order valence-electron chi connectivity index (χ0n) is 11.6. The van der Waals surface area contributed by atoms with Crippen LogP contribution in [0.4, 0.5) is 16.0 Å². The number of rotatable bonds is 4. The van der Waals surface area contributed by atoms with Crippen LogP contribution in [0, 0.1) is 12.7 Å². The van der Waals surface area contributed by atoms with E-state index in [1.54, 1.807) is 12.1 Å². The smallest absolute Gasteiger partial charge is 0.260 e. The summed E-state index contributed by atoms with van der Waals surface area (Å²) in [6, 6.07) is 4.59. The van der Waals surface area contributed by atoms with Gasteiger partial charge in [-0.15, -0.1) is 0 Å². The van der Waals surface area contributed by atoms with Crippen molar-refractivity contribution in [3.8, 4) is 0 Å². The fraction of sp³-hybridized carbons (Fsp3) is 0.214. The minimum Gasteiger partial charge on any atom is -0.370 e. The van der Waals surface area contributed by atoms with Crippen LogP contribution in [-0.2, 0) is 0 Å². The first-order chi connectivity index (χ1) is 10.0. The molecule has 0 aliphatic heterocycles. The van der Waals surface area contributed by atoms with Gasteiger partial charge in [-0.05, 0) is 48.0 Å². The lowest BCUT2D eigenvalue weighted by Gasteiger charge is -2.10. The van der Waals surface area contributed by atoms with Crippen LogP contribution in [0.3, 0.4) is 0 Å². The van der Waals surface area contributed by atoms with E-state index >= 15 is 0 Å². The first kappa shape index (κ1) is 15.4. The maximum absolute atomic E-state index is 13.3. The van der Waals surface area contributed by atoms with Crippen LogP contribution in [-0.4, -0.2) is 22.4 Å². The third-order valence-corrected chi connectivity index (χ3v) is 3.54. The largest absolute Gasteiger partial charge is 0.370 e. The van der Waals surface area contributed by atoms with Crippen LogP contribution in [0.25, 0.3) is 0 Å². The second kappa shape index (κ2) is 6.62. The average molecular weight is 353 g/mol. The number of anilines is 2. The van der Waals surface area contributed by atoms with Crippen LogP contribution in [0.1, 0.15) is 23.0 Å². The van der Waals surface area contributed by atoms with Gasteiger partial charge in [0.25, 0.3) is 5.91 Å². The molecule has 1 amide bonds. The van der Waals surface area contributed by atoms with Crippen LogP contribution in [0.2, 0.25) is 0 Å². The molecule has 2 aromatic rings. The topological polar surface area (TPSA) is 66.9 Å². The normalized spacial score (nSPS) is 10.3. The predicted octanol–water partition coefficient (Wildman–Crippen LogP) is 3.37. The Hall–Kier alpha value is -2.02. The zero-order valence-corrected chi connectivity index (χ0v) is 13.2. The van der Waals surface area contributed by atoms with E-state index in [1.165, 1.54) is 0 Å². The molecule has 0 saturated carbocycles. The summed E-state index contributed by atoms with van der Waals surface area (Å²) in [5.41, 5.74) is 0.885. The van der Waals surface area contributed by atoms with Crippen LogP contribution in [0.5, 0.6) is 0 Å². The molecular weight excluding hydrogens is 339 g/mol. The fourth-order valence-electron chi connectivity index (χ4n) is 1.72. The lowest BCUT2D eigenvalue weighted by molar-refractivity contribution is 0.102. The fourth-order valence-corrected chi connectivity index (χ4v) is 1.94. The third kappa shape index (κ3) is 3.75. The number of hydrogen-bond acceptors (Lipinski definition) is 4. The number of nitrogens with zero attached hydrogens (tertiary/aromatic N) is 2. The zero-order chi connectivity index (χ0) is 15.4. The third-order valence-electron chi connectivity index (χ3n) is 2.71. The molecule has 0 aliphatic carbocycles. The number of carbonyl (C=O) groups is 1. The second-order valence-corrected chi connectivity index (χ2v) is 5.15. The molecule has 2 heterocycles. The molecule has 0 unspecified atom stereocenters. The molecule has 0 saturated heterocycles. The quantitative estimate of drug-likeness (QED) is 0.885. The van der Waals surface area contributed by atoms with Gasteiger partial charge in [0.15, 0.2) is 0 Å². The van der Waals surface area contributed by atoms with E-state index in [4.69, 9.17) is 0 Å². The summed E-state index contributed by atoms with van der Waals surface area (Å²) in [5, 5.41) is 5.56. The summed E-state index contributed by atoms with van der Waals surface area (Å²) < 4.78 is 14.2. The van der Waals surface area contributed by atoms with Gasteiger partial charge in [-0.25, -0.2) is 14.4 Å². The molecular formula is C14H14BrFN4O. The Morgan fingerprint density at radius 2 is 2.19 bits per heavy atom. The Bertz CT molecular complexity index is 678. The van der Waals surface area contributed by atoms with E-state index in [0.717, 1.165) is 22.4 Å². The maximum atomic E-state index is 13.3. The van der Waals surface area contributed by atoms with Crippen molar-refractivity contribution in [3.05, 3.63) is 45.9 Å². The molecule has 2 rings (SSSR count). The van der Waals surface area contributed by atoms with Crippen LogP contribution >= 0.6 is 15.9 Å². The highest BCUT2D eigenvalue weighted by molar-refractivity contribution is 9.10. The van der Waals surface area contributed by atoms with E-state index in [1.807, 2.05) is 13.8 Å². The lowest BCUT2D eigenvalue weighted by Crippen LogP contribution is -2.17. The van der Waals surface area contributed by atoms with E-state index < -0.39 is 11.7 Å². The summed E-state index contributed by atoms with van der Waals surface area (Å²) in [4.78, 5) is 20.4. The number of hydrogen-bond donors (Lipinski definition) is 2. The second-order valence-electron chi connectivity index (χ2n) is 4.30. The average Bonchev–Trinajstić information content (AvgIpc) is 2.45. The van der Waals surface area contributed by atoms with Gasteiger partial charge in [0.2, 0.25) is 0 Å². The molecule has 0 fully saturated rings. The van der Waals surface area contributed by atoms with Gasteiger partial charge in [0.1, 0.15) is 17.5 Å². The van der Waals surface area contributed by atoms with Gasteiger partial charge < -0.3 is 10.6 Å². The predicted molar refractivity (Wildman–Crippen MR) is 83.0 cm³/mol. The molecule has 0 aromatic carbocycles. The Labute approximate surface area is 130 Å². The Balaban J connectivity index is 2.27. The Morgan fingerprint density at radius 1 is 1.43 bits per heavy atom. The summed E-state index contributed by atoms with van der Waals surface area (Å²) in [7, 11) is 0. The molecule has 5 nitrogen and oxygen atoms in total. The van der Waals surface area contributed by atoms with E-state index in [-0.39, 0.29) is 5.56 Å². The SMILES string of the molecule is CCNc1ncc(F)cc1C(=O)Nc1ccc(Br)c(C)n1. The van der Waals surface area contributed by atoms with Gasteiger partial charge in [0.05, 0.1) is 17.5 Å². The van der Waals surface area contributed by atoms with E-state index in [0.29, 0.717) is 18.2 Å². The molecule has 0 radical (unpaired) electrons. The standard InChI is InChI=1S/C14H14BrFN4O/c1-3-17-13-10(6-9(16)7-18-13)14(21)20-12-5-4-11(15)8(2)19-12/h4-7H,3H2,1-2H3,(H,17,18)(H,19,20,21). The van der Waals surface area contributed by atoms with Gasteiger partial charge in [-0.1, -0.05) is 0 Å². The molecule has 7 heteroatoms. The number of nitrogens with one attached hydrogen (secondary N) is 2. The number of carbonyl (C=O) groups excluding carboxylic acids is 1. The summed E-state index contributed by atoms with van der Waals surface area (Å²) in [5.74, 6) is -0.299. The molecule has 2 N–H and O–H groups in total. The van der Waals surface area contributed by atoms with Crippen molar-refractivity contribution in [2.45, 2.75) is 13.8 Å². The van der Waals surface area contributed by atoms with Gasteiger partial charge in [-0.3, -0.25) is 4.79 Å². The van der Waals surface area contributed by atoms with Crippen LogP contribution in [0.15, 0.2) is 28.9 Å². The van der Waals surface area contributed by atoms with Crippen molar-refractivity contribution < 1.29 is 9.18 Å². The summed E-state index contributed by atoms with van der Waals surface area (Å²) >= 11 is 3.34. The van der Waals surface area contributed by atoms with Crippen molar-refractivity contribution in [1.29, 1.82) is 0 Å². The number of pyridine rings is 2.